The molecule has 1 rings (SSSR count). The first-order chi connectivity index (χ1) is 6.24. The van der Waals surface area contributed by atoms with Crippen LogP contribution in [0.15, 0.2) is 0 Å². The van der Waals surface area contributed by atoms with E-state index in [0.717, 1.165) is 0 Å². The quantitative estimate of drug-likeness (QED) is 0.640. The van der Waals surface area contributed by atoms with Gasteiger partial charge < -0.3 is 9.84 Å². The van der Waals surface area contributed by atoms with E-state index >= 15 is 0 Å². The number of halogens is 1. The van der Waals surface area contributed by atoms with Crippen molar-refractivity contribution >= 4 is 0 Å². The Bertz CT molecular complexity index is 146. The van der Waals surface area contributed by atoms with Gasteiger partial charge in [0.05, 0.1) is 6.61 Å². The highest BCUT2D eigenvalue weighted by Gasteiger charge is 2.28. The molecule has 0 spiro atoms. The summed E-state index contributed by atoms with van der Waals surface area (Å²) >= 11 is 0. The van der Waals surface area contributed by atoms with E-state index in [0.29, 0.717) is 32.6 Å². The number of nitrogens with zero attached hydrogens (tertiary/aromatic N) is 1. The first-order valence-electron chi connectivity index (χ1n) is 4.77. The number of alkyl halides is 1. The van der Waals surface area contributed by atoms with E-state index in [2.05, 4.69) is 0 Å². The van der Waals surface area contributed by atoms with Gasteiger partial charge >= 0.3 is 0 Å². The molecule has 0 aromatic rings. The Balaban J connectivity index is 2.07. The van der Waals surface area contributed by atoms with Gasteiger partial charge in [-0.05, 0) is 19.9 Å². The number of likely N-dealkylation sites (tertiary alicyclic amines) is 1. The van der Waals surface area contributed by atoms with Gasteiger partial charge in [-0.1, -0.05) is 0 Å². The summed E-state index contributed by atoms with van der Waals surface area (Å²) in [7, 11) is 1.92. The Kier molecular flexibility index (Phi) is 4.62. The van der Waals surface area contributed by atoms with Gasteiger partial charge in [-0.25, -0.2) is 4.39 Å². The smallest absolute Gasteiger partial charge is 0.114 e. The summed E-state index contributed by atoms with van der Waals surface area (Å²) in [5.74, 6) is 0. The van der Waals surface area contributed by atoms with Gasteiger partial charge in [-0.3, -0.25) is 4.90 Å². The van der Waals surface area contributed by atoms with Gasteiger partial charge in [-0.15, -0.1) is 0 Å². The second-order valence-corrected chi connectivity index (χ2v) is 3.58. The highest BCUT2D eigenvalue weighted by molar-refractivity contribution is 4.82. The molecule has 1 N–H and O–H groups in total. The molecular weight excluding hydrogens is 173 g/mol. The van der Waals surface area contributed by atoms with Crippen molar-refractivity contribution in [3.05, 3.63) is 0 Å². The molecule has 1 fully saturated rings. The summed E-state index contributed by atoms with van der Waals surface area (Å²) in [4.78, 5) is 1.99. The van der Waals surface area contributed by atoms with Gasteiger partial charge in [0.2, 0.25) is 0 Å². The third-order valence-electron chi connectivity index (χ3n) is 2.39. The standard InChI is InChI=1S/C9H18FNO2/c1-11-6-8(10)5-9(11)7-13-4-2-3-12/h8-9,12H,2-7H2,1H3/t8-,9-/m0/s1. The van der Waals surface area contributed by atoms with E-state index < -0.39 is 6.17 Å². The molecule has 4 heteroatoms. The second kappa shape index (κ2) is 5.52. The molecule has 3 nitrogen and oxygen atoms in total. The molecule has 0 aromatic carbocycles. The van der Waals surface area contributed by atoms with Crippen molar-refractivity contribution in [3.8, 4) is 0 Å². The second-order valence-electron chi connectivity index (χ2n) is 3.58. The van der Waals surface area contributed by atoms with Crippen LogP contribution in [0.5, 0.6) is 0 Å². The van der Waals surface area contributed by atoms with Crippen molar-refractivity contribution in [2.75, 3.05) is 33.4 Å². The third kappa shape index (κ3) is 3.58. The molecular formula is C9H18FNO2. The lowest BCUT2D eigenvalue weighted by Gasteiger charge is -2.18. The van der Waals surface area contributed by atoms with Crippen LogP contribution in [0.4, 0.5) is 4.39 Å². The highest BCUT2D eigenvalue weighted by atomic mass is 19.1. The zero-order valence-corrected chi connectivity index (χ0v) is 8.08. The minimum Gasteiger partial charge on any atom is -0.396 e. The number of rotatable bonds is 5. The van der Waals surface area contributed by atoms with Gasteiger partial charge in [0.15, 0.2) is 0 Å². The molecule has 0 aromatic heterocycles. The minimum absolute atomic E-state index is 0.159. The van der Waals surface area contributed by atoms with E-state index in [1.54, 1.807) is 0 Å². The molecule has 2 atom stereocenters. The van der Waals surface area contributed by atoms with E-state index in [1.165, 1.54) is 0 Å². The van der Waals surface area contributed by atoms with Crippen molar-refractivity contribution in [2.24, 2.45) is 0 Å². The number of aliphatic hydroxyl groups excluding tert-OH is 1. The lowest BCUT2D eigenvalue weighted by molar-refractivity contribution is 0.0754. The Morgan fingerprint density at radius 3 is 2.92 bits per heavy atom. The summed E-state index contributed by atoms with van der Waals surface area (Å²) in [6.07, 6.45) is 0.543. The van der Waals surface area contributed by atoms with Crippen LogP contribution in [0.25, 0.3) is 0 Å². The third-order valence-corrected chi connectivity index (χ3v) is 2.39. The van der Waals surface area contributed by atoms with E-state index in [-0.39, 0.29) is 12.6 Å². The zero-order chi connectivity index (χ0) is 9.68. The molecule has 13 heavy (non-hydrogen) atoms. The van der Waals surface area contributed by atoms with Crippen LogP contribution in [-0.4, -0.2) is 55.6 Å². The molecule has 1 aliphatic heterocycles. The number of likely N-dealkylation sites (N-methyl/N-ethyl adjacent to an activating group) is 1. The van der Waals surface area contributed by atoms with Crippen LogP contribution in [0.1, 0.15) is 12.8 Å². The predicted molar refractivity (Wildman–Crippen MR) is 48.5 cm³/mol. The van der Waals surface area contributed by atoms with Gasteiger partial charge in [0.25, 0.3) is 0 Å². The molecule has 0 amide bonds. The number of hydrogen-bond donors (Lipinski definition) is 1. The predicted octanol–water partition coefficient (Wildman–Crippen LogP) is 0.428. The van der Waals surface area contributed by atoms with Crippen LogP contribution in [0.2, 0.25) is 0 Å². The van der Waals surface area contributed by atoms with E-state index in [4.69, 9.17) is 9.84 Å². The summed E-state index contributed by atoms with van der Waals surface area (Å²) in [5, 5.41) is 8.50. The molecule has 0 aliphatic carbocycles. The van der Waals surface area contributed by atoms with Crippen molar-refractivity contribution in [1.29, 1.82) is 0 Å². The fourth-order valence-corrected chi connectivity index (χ4v) is 1.59. The van der Waals surface area contributed by atoms with E-state index in [9.17, 15) is 4.39 Å². The lowest BCUT2D eigenvalue weighted by Crippen LogP contribution is -2.29. The first kappa shape index (κ1) is 10.9. The average Bonchev–Trinajstić information content (AvgIpc) is 2.39. The van der Waals surface area contributed by atoms with Crippen LogP contribution < -0.4 is 0 Å². The molecule has 0 bridgehead atoms. The fraction of sp³-hybridized carbons (Fsp3) is 1.00. The SMILES string of the molecule is CN1C[C@@H](F)C[C@H]1COCCCO. The molecule has 0 radical (unpaired) electrons. The van der Waals surface area contributed by atoms with Crippen molar-refractivity contribution in [1.82, 2.24) is 4.90 Å². The monoisotopic (exact) mass is 191 g/mol. The molecule has 0 unspecified atom stereocenters. The first-order valence-corrected chi connectivity index (χ1v) is 4.77. The summed E-state index contributed by atoms with van der Waals surface area (Å²) in [5.41, 5.74) is 0. The molecule has 1 heterocycles. The Hall–Kier alpha value is -0.190. The summed E-state index contributed by atoms with van der Waals surface area (Å²) in [6, 6.07) is 0.216. The van der Waals surface area contributed by atoms with Gasteiger partial charge in [0.1, 0.15) is 6.17 Å². The Morgan fingerprint density at radius 1 is 1.62 bits per heavy atom. The molecule has 78 valence electrons. The van der Waals surface area contributed by atoms with Crippen molar-refractivity contribution in [3.63, 3.8) is 0 Å². The van der Waals surface area contributed by atoms with E-state index in [1.807, 2.05) is 11.9 Å². The molecule has 0 saturated carbocycles. The van der Waals surface area contributed by atoms with Gasteiger partial charge in [-0.2, -0.15) is 0 Å². The van der Waals surface area contributed by atoms with Crippen molar-refractivity contribution in [2.45, 2.75) is 25.1 Å². The maximum absolute atomic E-state index is 12.9. The Morgan fingerprint density at radius 2 is 2.38 bits per heavy atom. The number of aliphatic hydroxyl groups is 1. The van der Waals surface area contributed by atoms with Crippen LogP contribution in [0, 0.1) is 0 Å². The summed E-state index contributed by atoms with van der Waals surface area (Å²) in [6.45, 7) is 1.83. The van der Waals surface area contributed by atoms with Crippen LogP contribution in [-0.2, 0) is 4.74 Å². The van der Waals surface area contributed by atoms with Crippen LogP contribution >= 0.6 is 0 Å². The topological polar surface area (TPSA) is 32.7 Å². The average molecular weight is 191 g/mol. The lowest BCUT2D eigenvalue weighted by atomic mass is 10.2. The molecule has 1 saturated heterocycles. The fourth-order valence-electron chi connectivity index (χ4n) is 1.59. The Labute approximate surface area is 78.5 Å². The number of ether oxygens (including phenoxy) is 1. The normalized spacial score (nSPS) is 29.8. The number of hydrogen-bond acceptors (Lipinski definition) is 3. The maximum Gasteiger partial charge on any atom is 0.114 e. The maximum atomic E-state index is 12.9. The highest BCUT2D eigenvalue weighted by Crippen LogP contribution is 2.18. The van der Waals surface area contributed by atoms with Crippen LogP contribution in [0.3, 0.4) is 0 Å². The van der Waals surface area contributed by atoms with Crippen molar-refractivity contribution < 1.29 is 14.2 Å². The summed E-state index contributed by atoms with van der Waals surface area (Å²) < 4.78 is 18.2. The largest absolute Gasteiger partial charge is 0.396 e. The zero-order valence-electron chi connectivity index (χ0n) is 8.08. The van der Waals surface area contributed by atoms with Gasteiger partial charge in [0, 0.05) is 25.8 Å². The molecule has 1 aliphatic rings. The minimum atomic E-state index is -0.698.